The second-order valence-electron chi connectivity index (χ2n) is 7.51. The Morgan fingerprint density at radius 1 is 1.07 bits per heavy atom. The highest BCUT2D eigenvalue weighted by Gasteiger charge is 2.21. The van der Waals surface area contributed by atoms with E-state index in [1.165, 1.54) is 0 Å². The van der Waals surface area contributed by atoms with Crippen LogP contribution in [-0.4, -0.2) is 24.6 Å². The maximum Gasteiger partial charge on any atom is 0.332 e. The summed E-state index contributed by atoms with van der Waals surface area (Å²) < 4.78 is 1.59. The molecule has 4 aromatic rings. The van der Waals surface area contributed by atoms with E-state index in [-0.39, 0.29) is 16.9 Å². The predicted molar refractivity (Wildman–Crippen MR) is 105 cm³/mol. The minimum atomic E-state index is -0.260. The van der Waals surface area contributed by atoms with Crippen LogP contribution in [0.2, 0.25) is 0 Å². The third-order valence-electron chi connectivity index (χ3n) is 4.48. The Bertz CT molecular complexity index is 1200. The lowest BCUT2D eigenvalue weighted by molar-refractivity contribution is 0.475. The van der Waals surface area contributed by atoms with E-state index >= 15 is 0 Å². The quantitative estimate of drug-likeness (QED) is 0.570. The number of benzene rings is 2. The van der Waals surface area contributed by atoms with Gasteiger partial charge in [0.05, 0.1) is 11.9 Å². The van der Waals surface area contributed by atoms with Crippen molar-refractivity contribution in [1.29, 1.82) is 0 Å². The first-order chi connectivity index (χ1) is 12.8. The largest absolute Gasteiger partial charge is 0.508 e. The number of H-pyrrole nitrogens is 1. The molecule has 4 rings (SSSR count). The van der Waals surface area contributed by atoms with Gasteiger partial charge in [0.25, 0.3) is 0 Å². The van der Waals surface area contributed by atoms with Crippen molar-refractivity contribution >= 4 is 11.2 Å². The number of phenols is 1. The average Bonchev–Trinajstić information content (AvgIpc) is 2.95. The van der Waals surface area contributed by atoms with E-state index in [0.717, 1.165) is 11.3 Å². The molecule has 0 radical (unpaired) electrons. The van der Waals surface area contributed by atoms with E-state index in [1.807, 2.05) is 30.3 Å². The zero-order chi connectivity index (χ0) is 19.2. The van der Waals surface area contributed by atoms with Crippen molar-refractivity contribution in [2.24, 2.45) is 0 Å². The van der Waals surface area contributed by atoms with Crippen molar-refractivity contribution in [1.82, 2.24) is 19.5 Å². The van der Waals surface area contributed by atoms with Crippen molar-refractivity contribution in [2.75, 3.05) is 0 Å². The normalized spacial score (nSPS) is 11.8. The molecule has 27 heavy (non-hydrogen) atoms. The maximum atomic E-state index is 12.7. The topological polar surface area (TPSA) is 83.8 Å². The van der Waals surface area contributed by atoms with Crippen molar-refractivity contribution in [2.45, 2.75) is 26.2 Å². The maximum absolute atomic E-state index is 12.7. The molecule has 2 aromatic carbocycles. The number of phenolic OH excluding ortho intramolecular Hbond substituents is 1. The van der Waals surface area contributed by atoms with Gasteiger partial charge in [-0.2, -0.15) is 0 Å². The molecule has 2 heterocycles. The Labute approximate surface area is 156 Å². The van der Waals surface area contributed by atoms with E-state index in [4.69, 9.17) is 0 Å². The number of hydrogen-bond acceptors (Lipinski definition) is 4. The van der Waals surface area contributed by atoms with Crippen LogP contribution in [0.3, 0.4) is 0 Å². The number of imidazole rings is 1. The summed E-state index contributed by atoms with van der Waals surface area (Å²) in [5, 5.41) is 9.73. The fraction of sp³-hybridized carbons (Fsp3) is 0.190. The van der Waals surface area contributed by atoms with Gasteiger partial charge in [-0.25, -0.2) is 19.3 Å². The molecule has 0 aliphatic heterocycles. The number of aromatic hydroxyl groups is 1. The molecule has 0 saturated carbocycles. The summed E-state index contributed by atoms with van der Waals surface area (Å²) in [5.41, 5.74) is 3.19. The first kappa shape index (κ1) is 17.0. The van der Waals surface area contributed by atoms with E-state index in [1.54, 1.807) is 29.0 Å². The molecular weight excluding hydrogens is 340 g/mol. The highest BCUT2D eigenvalue weighted by molar-refractivity contribution is 5.75. The molecule has 136 valence electrons. The molecule has 0 amide bonds. The zero-order valence-corrected chi connectivity index (χ0v) is 15.4. The van der Waals surface area contributed by atoms with Crippen LogP contribution in [0.25, 0.3) is 28.2 Å². The summed E-state index contributed by atoms with van der Waals surface area (Å²) in [4.78, 5) is 24.5. The van der Waals surface area contributed by atoms with Gasteiger partial charge in [0.1, 0.15) is 11.3 Å². The van der Waals surface area contributed by atoms with Crippen LogP contribution in [-0.2, 0) is 5.41 Å². The molecular formula is C21H20N4O2. The second-order valence-corrected chi connectivity index (χ2v) is 7.51. The standard InChI is InChI=1S/C21H20N4O2/c1-21(2,3)15-9-4-5-10-17(15)25-19-16(23-20(25)27)12-22-18(24-19)13-7-6-8-14(26)11-13/h4-12,26H,1-3H3,(H,23,27). The molecule has 2 aromatic heterocycles. The first-order valence-corrected chi connectivity index (χ1v) is 8.71. The molecule has 6 nitrogen and oxygen atoms in total. The van der Waals surface area contributed by atoms with E-state index < -0.39 is 0 Å². The minimum absolute atomic E-state index is 0.138. The molecule has 2 N–H and O–H groups in total. The molecule has 0 atom stereocenters. The number of rotatable bonds is 2. The third kappa shape index (κ3) is 2.99. The highest BCUT2D eigenvalue weighted by Crippen LogP contribution is 2.29. The molecule has 0 fully saturated rings. The lowest BCUT2D eigenvalue weighted by Crippen LogP contribution is -2.21. The predicted octanol–water partition coefficient (Wildman–Crippen LogP) is 3.78. The fourth-order valence-electron chi connectivity index (χ4n) is 3.21. The molecule has 0 spiro atoms. The molecule has 0 unspecified atom stereocenters. The van der Waals surface area contributed by atoms with Crippen LogP contribution in [0.15, 0.2) is 59.5 Å². The lowest BCUT2D eigenvalue weighted by atomic mass is 9.86. The summed E-state index contributed by atoms with van der Waals surface area (Å²) in [6, 6.07) is 14.6. The summed E-state index contributed by atoms with van der Waals surface area (Å²) in [5.74, 6) is 0.583. The van der Waals surface area contributed by atoms with Gasteiger partial charge < -0.3 is 10.1 Å². The average molecular weight is 360 g/mol. The van der Waals surface area contributed by atoms with Crippen LogP contribution in [0.5, 0.6) is 5.75 Å². The Kier molecular flexibility index (Phi) is 3.84. The fourth-order valence-corrected chi connectivity index (χ4v) is 3.21. The number of hydrogen-bond donors (Lipinski definition) is 2. The molecule has 0 bridgehead atoms. The number of nitrogens with one attached hydrogen (secondary N) is 1. The number of para-hydroxylation sites is 1. The number of aromatic amines is 1. The molecule has 0 saturated heterocycles. The van der Waals surface area contributed by atoms with Gasteiger partial charge in [0, 0.05) is 5.56 Å². The van der Waals surface area contributed by atoms with Gasteiger partial charge in [-0.15, -0.1) is 0 Å². The number of nitrogens with zero attached hydrogens (tertiary/aromatic N) is 3. The monoisotopic (exact) mass is 360 g/mol. The van der Waals surface area contributed by atoms with Crippen molar-refractivity contribution in [3.05, 3.63) is 70.8 Å². The van der Waals surface area contributed by atoms with Gasteiger partial charge >= 0.3 is 5.69 Å². The van der Waals surface area contributed by atoms with E-state index in [2.05, 4.69) is 35.7 Å². The zero-order valence-electron chi connectivity index (χ0n) is 15.4. The highest BCUT2D eigenvalue weighted by atomic mass is 16.3. The molecule has 0 aliphatic carbocycles. The van der Waals surface area contributed by atoms with Crippen LogP contribution in [0.4, 0.5) is 0 Å². The van der Waals surface area contributed by atoms with Crippen LogP contribution < -0.4 is 5.69 Å². The Morgan fingerprint density at radius 3 is 2.59 bits per heavy atom. The first-order valence-electron chi connectivity index (χ1n) is 8.71. The van der Waals surface area contributed by atoms with Crippen molar-refractivity contribution < 1.29 is 5.11 Å². The summed E-state index contributed by atoms with van der Waals surface area (Å²) >= 11 is 0. The van der Waals surface area contributed by atoms with Crippen LogP contribution >= 0.6 is 0 Å². The summed E-state index contributed by atoms with van der Waals surface area (Å²) in [7, 11) is 0. The van der Waals surface area contributed by atoms with E-state index in [0.29, 0.717) is 22.6 Å². The SMILES string of the molecule is CC(C)(C)c1ccccc1-n1c(=O)[nH]c2cnc(-c3cccc(O)c3)nc21. The van der Waals surface area contributed by atoms with Crippen LogP contribution in [0.1, 0.15) is 26.3 Å². The number of fused-ring (bicyclic) bond motifs is 1. The summed E-state index contributed by atoms with van der Waals surface area (Å²) in [6.45, 7) is 6.33. The number of aromatic nitrogens is 4. The van der Waals surface area contributed by atoms with Gasteiger partial charge in [0.15, 0.2) is 11.5 Å². The second kappa shape index (κ2) is 6.09. The lowest BCUT2D eigenvalue weighted by Gasteiger charge is -2.22. The van der Waals surface area contributed by atoms with Gasteiger partial charge in [-0.3, -0.25) is 0 Å². The Hall–Kier alpha value is -3.41. The minimum Gasteiger partial charge on any atom is -0.508 e. The van der Waals surface area contributed by atoms with E-state index in [9.17, 15) is 9.90 Å². The Balaban J connectivity index is 1.99. The molecule has 6 heteroatoms. The van der Waals surface area contributed by atoms with Gasteiger partial charge in [0.2, 0.25) is 0 Å². The van der Waals surface area contributed by atoms with Crippen LogP contribution in [0, 0.1) is 0 Å². The smallest absolute Gasteiger partial charge is 0.332 e. The molecule has 0 aliphatic rings. The van der Waals surface area contributed by atoms with Crippen molar-refractivity contribution in [3.63, 3.8) is 0 Å². The Morgan fingerprint density at radius 2 is 1.85 bits per heavy atom. The third-order valence-corrected chi connectivity index (χ3v) is 4.48. The summed E-state index contributed by atoms with van der Waals surface area (Å²) in [6.07, 6.45) is 1.60. The van der Waals surface area contributed by atoms with Gasteiger partial charge in [-0.05, 0) is 29.2 Å². The van der Waals surface area contributed by atoms with Gasteiger partial charge in [-0.1, -0.05) is 51.1 Å². The van der Waals surface area contributed by atoms with Crippen molar-refractivity contribution in [3.8, 4) is 22.8 Å².